The minimum atomic E-state index is -4.37. The predicted octanol–water partition coefficient (Wildman–Crippen LogP) is 5.18. The average Bonchev–Trinajstić information content (AvgIpc) is 2.71. The van der Waals surface area contributed by atoms with Gasteiger partial charge in [0, 0.05) is 16.5 Å². The minimum absolute atomic E-state index is 0.0440. The van der Waals surface area contributed by atoms with E-state index in [9.17, 15) is 22.8 Å². The molecule has 1 aromatic heterocycles. The number of hydrogen-bond donors (Lipinski definition) is 2. The standard InChI is InChI=1S/C22H20F3N3O2S/c1-13(2)19(14-8-10-16(11-9-14)31-22(23,24)25)28-21(30)17-12-18(29)27-20(26-17)15-6-4-3-5-7-15/h3-13,19H,1-2H3,(H,28,30)(H,26,27,29)/t19-/m1/s1. The molecule has 3 rings (SSSR count). The fourth-order valence-corrected chi connectivity index (χ4v) is 3.57. The van der Waals surface area contributed by atoms with Gasteiger partial charge in [-0.25, -0.2) is 4.98 Å². The first-order chi connectivity index (χ1) is 14.6. The third-order valence-electron chi connectivity index (χ3n) is 4.45. The summed E-state index contributed by atoms with van der Waals surface area (Å²) >= 11 is -0.194. The number of thioether (sulfide) groups is 1. The first-order valence-corrected chi connectivity index (χ1v) is 10.3. The number of halogens is 3. The Hall–Kier alpha value is -3.07. The number of nitrogens with zero attached hydrogens (tertiary/aromatic N) is 1. The van der Waals surface area contributed by atoms with Gasteiger partial charge < -0.3 is 10.3 Å². The molecule has 5 nitrogen and oxygen atoms in total. The number of alkyl halides is 3. The Balaban J connectivity index is 1.83. The molecule has 0 saturated heterocycles. The van der Waals surface area contributed by atoms with Crippen molar-refractivity contribution in [3.8, 4) is 11.4 Å². The second-order valence-corrected chi connectivity index (χ2v) is 8.30. The van der Waals surface area contributed by atoms with Crippen molar-refractivity contribution in [3.63, 3.8) is 0 Å². The Morgan fingerprint density at radius 1 is 1.06 bits per heavy atom. The van der Waals surface area contributed by atoms with Crippen LogP contribution in [0.25, 0.3) is 11.4 Å². The van der Waals surface area contributed by atoms with Gasteiger partial charge in [0.05, 0.1) is 6.04 Å². The number of benzene rings is 2. The summed E-state index contributed by atoms with van der Waals surface area (Å²) in [5, 5.41) is 2.84. The van der Waals surface area contributed by atoms with Crippen molar-refractivity contribution in [1.29, 1.82) is 0 Å². The van der Waals surface area contributed by atoms with Gasteiger partial charge in [0.15, 0.2) is 0 Å². The van der Waals surface area contributed by atoms with Crippen LogP contribution in [-0.2, 0) is 0 Å². The second-order valence-electron chi connectivity index (χ2n) is 7.16. The molecule has 0 aliphatic heterocycles. The van der Waals surface area contributed by atoms with Gasteiger partial charge in [-0.15, -0.1) is 0 Å². The first kappa shape index (κ1) is 22.6. The number of rotatable bonds is 6. The van der Waals surface area contributed by atoms with Crippen LogP contribution in [0.1, 0.15) is 35.9 Å². The van der Waals surface area contributed by atoms with E-state index in [0.29, 0.717) is 11.1 Å². The maximum Gasteiger partial charge on any atom is 0.446 e. The maximum atomic E-state index is 12.8. The van der Waals surface area contributed by atoms with Gasteiger partial charge in [-0.1, -0.05) is 56.3 Å². The van der Waals surface area contributed by atoms with E-state index < -0.39 is 23.0 Å². The Morgan fingerprint density at radius 2 is 1.71 bits per heavy atom. The largest absolute Gasteiger partial charge is 0.446 e. The molecule has 9 heteroatoms. The van der Waals surface area contributed by atoms with Crippen LogP contribution in [-0.4, -0.2) is 21.4 Å². The highest BCUT2D eigenvalue weighted by atomic mass is 32.2. The van der Waals surface area contributed by atoms with Crippen LogP contribution in [0.3, 0.4) is 0 Å². The molecule has 1 heterocycles. The van der Waals surface area contributed by atoms with E-state index in [1.54, 1.807) is 36.4 Å². The van der Waals surface area contributed by atoms with E-state index in [1.807, 2.05) is 19.9 Å². The monoisotopic (exact) mass is 447 g/mol. The van der Waals surface area contributed by atoms with Crippen LogP contribution in [0.15, 0.2) is 70.4 Å². The maximum absolute atomic E-state index is 12.8. The smallest absolute Gasteiger partial charge is 0.344 e. The lowest BCUT2D eigenvalue weighted by molar-refractivity contribution is -0.0328. The third-order valence-corrected chi connectivity index (χ3v) is 5.19. The highest BCUT2D eigenvalue weighted by molar-refractivity contribution is 8.00. The number of aromatic nitrogens is 2. The fraction of sp³-hybridized carbons (Fsp3) is 0.227. The van der Waals surface area contributed by atoms with Crippen LogP contribution >= 0.6 is 11.8 Å². The number of hydrogen-bond acceptors (Lipinski definition) is 4. The van der Waals surface area contributed by atoms with E-state index in [2.05, 4.69) is 15.3 Å². The van der Waals surface area contributed by atoms with Gasteiger partial charge in [0.1, 0.15) is 11.5 Å². The minimum Gasteiger partial charge on any atom is -0.344 e. The van der Waals surface area contributed by atoms with Crippen molar-refractivity contribution >= 4 is 17.7 Å². The van der Waals surface area contributed by atoms with E-state index in [4.69, 9.17) is 0 Å². The summed E-state index contributed by atoms with van der Waals surface area (Å²) in [5.74, 6) is -0.329. The highest BCUT2D eigenvalue weighted by Gasteiger charge is 2.29. The number of H-pyrrole nitrogens is 1. The second kappa shape index (κ2) is 9.38. The summed E-state index contributed by atoms with van der Waals surface area (Å²) in [4.78, 5) is 31.8. The SMILES string of the molecule is CC(C)[C@@H](NC(=O)c1cc(=O)[nH]c(-c2ccccc2)n1)c1ccc(SC(F)(F)F)cc1. The zero-order valence-corrected chi connectivity index (χ0v) is 17.6. The van der Waals surface area contributed by atoms with Crippen molar-refractivity contribution in [2.45, 2.75) is 30.3 Å². The van der Waals surface area contributed by atoms with Crippen molar-refractivity contribution < 1.29 is 18.0 Å². The summed E-state index contributed by atoms with van der Waals surface area (Å²) in [6, 6.07) is 15.4. The number of amides is 1. The Kier molecular flexibility index (Phi) is 6.84. The molecule has 0 aliphatic carbocycles. The summed E-state index contributed by atoms with van der Waals surface area (Å²) in [6.07, 6.45) is 0. The molecule has 2 aromatic carbocycles. The number of aromatic amines is 1. The number of carbonyl (C=O) groups is 1. The van der Waals surface area contributed by atoms with Crippen molar-refractivity contribution in [2.75, 3.05) is 0 Å². The average molecular weight is 447 g/mol. The van der Waals surface area contributed by atoms with Gasteiger partial charge in [-0.3, -0.25) is 9.59 Å². The molecule has 0 unspecified atom stereocenters. The third kappa shape index (κ3) is 6.21. The Morgan fingerprint density at radius 3 is 2.29 bits per heavy atom. The van der Waals surface area contributed by atoms with E-state index >= 15 is 0 Å². The molecular formula is C22H20F3N3O2S. The first-order valence-electron chi connectivity index (χ1n) is 9.46. The molecule has 0 spiro atoms. The lowest BCUT2D eigenvalue weighted by Crippen LogP contribution is -2.33. The van der Waals surface area contributed by atoms with Gasteiger partial charge in [-0.2, -0.15) is 13.2 Å². The van der Waals surface area contributed by atoms with Gasteiger partial charge in [0.2, 0.25) is 0 Å². The predicted molar refractivity (Wildman–Crippen MR) is 114 cm³/mol. The van der Waals surface area contributed by atoms with Crippen molar-refractivity contribution in [2.24, 2.45) is 5.92 Å². The van der Waals surface area contributed by atoms with Crippen LogP contribution in [0, 0.1) is 5.92 Å². The summed E-state index contributed by atoms with van der Waals surface area (Å²) < 4.78 is 37.6. The topological polar surface area (TPSA) is 74.8 Å². The van der Waals surface area contributed by atoms with Crippen molar-refractivity contribution in [1.82, 2.24) is 15.3 Å². The zero-order valence-electron chi connectivity index (χ0n) is 16.7. The fourth-order valence-electron chi connectivity index (χ4n) is 3.03. The Bertz CT molecular complexity index is 1100. The normalized spacial score (nSPS) is 12.6. The van der Waals surface area contributed by atoms with Crippen LogP contribution < -0.4 is 10.9 Å². The van der Waals surface area contributed by atoms with E-state index in [-0.39, 0.29) is 34.1 Å². The summed E-state index contributed by atoms with van der Waals surface area (Å²) in [5.41, 5.74) is -3.56. The molecule has 31 heavy (non-hydrogen) atoms. The molecule has 162 valence electrons. The summed E-state index contributed by atoms with van der Waals surface area (Å²) in [7, 11) is 0. The van der Waals surface area contributed by atoms with Gasteiger partial charge in [0.25, 0.3) is 11.5 Å². The molecule has 0 fully saturated rings. The molecule has 2 N–H and O–H groups in total. The lowest BCUT2D eigenvalue weighted by atomic mass is 9.96. The van der Waals surface area contributed by atoms with Crippen molar-refractivity contribution in [3.05, 3.63) is 82.3 Å². The van der Waals surface area contributed by atoms with E-state index in [0.717, 1.165) is 6.07 Å². The molecular weight excluding hydrogens is 427 g/mol. The lowest BCUT2D eigenvalue weighted by Gasteiger charge is -2.23. The molecule has 1 atom stereocenters. The zero-order chi connectivity index (χ0) is 22.6. The van der Waals surface area contributed by atoms with Crippen LogP contribution in [0.5, 0.6) is 0 Å². The number of nitrogens with one attached hydrogen (secondary N) is 2. The van der Waals surface area contributed by atoms with E-state index in [1.165, 1.54) is 12.1 Å². The molecule has 0 saturated carbocycles. The number of carbonyl (C=O) groups excluding carboxylic acids is 1. The molecule has 3 aromatic rings. The molecule has 0 bridgehead atoms. The van der Waals surface area contributed by atoms with Gasteiger partial charge >= 0.3 is 5.51 Å². The molecule has 1 amide bonds. The molecule has 0 radical (unpaired) electrons. The highest BCUT2D eigenvalue weighted by Crippen LogP contribution is 2.37. The molecule has 0 aliphatic rings. The Labute approximate surface area is 181 Å². The van der Waals surface area contributed by atoms with Gasteiger partial charge in [-0.05, 0) is 35.4 Å². The quantitative estimate of drug-likeness (QED) is 0.511. The summed E-state index contributed by atoms with van der Waals surface area (Å²) in [6.45, 7) is 3.76. The van der Waals surface area contributed by atoms with Crippen LogP contribution in [0.4, 0.5) is 13.2 Å². The van der Waals surface area contributed by atoms with Crippen LogP contribution in [0.2, 0.25) is 0 Å².